The number of nitrogens with zero attached hydrogens (tertiary/aromatic N) is 2. The molecular weight excluding hydrogens is 276 g/mol. The Labute approximate surface area is 133 Å². The standard InChI is InChI=1S/C18H28N2O2/c1-13(2)17-6-5-16(14-7-9-22-12-14)18(19-17)10-20-8-3-4-15(20)11-21/h5-6,13-15,21H,3-4,7-12H2,1-2H3/t14-,15?/m0/s1. The zero-order valence-electron chi connectivity index (χ0n) is 13.8. The molecule has 0 saturated carbocycles. The summed E-state index contributed by atoms with van der Waals surface area (Å²) < 4.78 is 5.58. The molecule has 122 valence electrons. The molecule has 0 spiro atoms. The normalized spacial score (nSPS) is 26.2. The maximum Gasteiger partial charge on any atom is 0.0587 e. The number of hydrogen-bond acceptors (Lipinski definition) is 4. The van der Waals surface area contributed by atoms with Crippen molar-refractivity contribution < 1.29 is 9.84 Å². The Hall–Kier alpha value is -0.970. The molecule has 2 aliphatic rings. The Balaban J connectivity index is 1.86. The van der Waals surface area contributed by atoms with Crippen LogP contribution >= 0.6 is 0 Å². The van der Waals surface area contributed by atoms with Crippen LogP contribution in [0, 0.1) is 0 Å². The van der Waals surface area contributed by atoms with Crippen molar-refractivity contribution in [3.63, 3.8) is 0 Å². The fourth-order valence-corrected chi connectivity index (χ4v) is 3.63. The van der Waals surface area contributed by atoms with Crippen LogP contribution in [0.2, 0.25) is 0 Å². The topological polar surface area (TPSA) is 45.6 Å². The van der Waals surface area contributed by atoms with E-state index in [1.807, 2.05) is 0 Å². The number of aliphatic hydroxyl groups excluding tert-OH is 1. The molecule has 0 bridgehead atoms. The molecule has 0 radical (unpaired) electrons. The van der Waals surface area contributed by atoms with Crippen LogP contribution in [-0.2, 0) is 11.3 Å². The average Bonchev–Trinajstić information content (AvgIpc) is 3.18. The summed E-state index contributed by atoms with van der Waals surface area (Å²) in [5.41, 5.74) is 3.71. The highest BCUT2D eigenvalue weighted by Crippen LogP contribution is 2.30. The van der Waals surface area contributed by atoms with E-state index in [-0.39, 0.29) is 6.61 Å². The first kappa shape index (κ1) is 15.9. The number of rotatable bonds is 5. The summed E-state index contributed by atoms with van der Waals surface area (Å²) in [6.07, 6.45) is 3.37. The van der Waals surface area contributed by atoms with E-state index in [0.717, 1.165) is 44.8 Å². The molecular formula is C18H28N2O2. The molecule has 2 aliphatic heterocycles. The summed E-state index contributed by atoms with van der Waals surface area (Å²) >= 11 is 0. The second-order valence-corrected chi connectivity index (χ2v) is 6.94. The lowest BCUT2D eigenvalue weighted by Gasteiger charge is -2.25. The summed E-state index contributed by atoms with van der Waals surface area (Å²) in [6, 6.07) is 4.74. The van der Waals surface area contributed by atoms with Crippen LogP contribution in [0.5, 0.6) is 0 Å². The predicted molar refractivity (Wildman–Crippen MR) is 87.0 cm³/mol. The van der Waals surface area contributed by atoms with Crippen LogP contribution < -0.4 is 0 Å². The number of aliphatic hydroxyl groups is 1. The highest BCUT2D eigenvalue weighted by atomic mass is 16.5. The molecule has 4 nitrogen and oxygen atoms in total. The maximum absolute atomic E-state index is 9.56. The second-order valence-electron chi connectivity index (χ2n) is 6.94. The Morgan fingerprint density at radius 2 is 2.23 bits per heavy atom. The van der Waals surface area contributed by atoms with E-state index in [1.165, 1.54) is 17.7 Å². The average molecular weight is 304 g/mol. The SMILES string of the molecule is CC(C)c1ccc([C@H]2CCOC2)c(CN2CCCC2CO)n1. The monoisotopic (exact) mass is 304 g/mol. The highest BCUT2D eigenvalue weighted by molar-refractivity contribution is 5.29. The van der Waals surface area contributed by atoms with Gasteiger partial charge in [0.05, 0.1) is 18.9 Å². The zero-order chi connectivity index (χ0) is 15.5. The van der Waals surface area contributed by atoms with Gasteiger partial charge in [0.1, 0.15) is 0 Å². The number of likely N-dealkylation sites (tertiary alicyclic amines) is 1. The molecule has 0 aliphatic carbocycles. The predicted octanol–water partition coefficient (Wildman–Crippen LogP) is 2.67. The quantitative estimate of drug-likeness (QED) is 0.908. The summed E-state index contributed by atoms with van der Waals surface area (Å²) in [7, 11) is 0. The van der Waals surface area contributed by atoms with E-state index in [2.05, 4.69) is 30.9 Å². The lowest BCUT2D eigenvalue weighted by molar-refractivity contribution is 0.151. The van der Waals surface area contributed by atoms with Crippen molar-refractivity contribution in [2.75, 3.05) is 26.4 Å². The Kier molecular flexibility index (Phi) is 5.11. The van der Waals surface area contributed by atoms with Crippen molar-refractivity contribution in [1.29, 1.82) is 0 Å². The van der Waals surface area contributed by atoms with Crippen molar-refractivity contribution in [3.8, 4) is 0 Å². The van der Waals surface area contributed by atoms with Gasteiger partial charge in [-0.05, 0) is 43.4 Å². The molecule has 22 heavy (non-hydrogen) atoms. The first-order valence-electron chi connectivity index (χ1n) is 8.61. The molecule has 1 aromatic rings. The van der Waals surface area contributed by atoms with E-state index in [0.29, 0.717) is 17.9 Å². The number of ether oxygens (including phenoxy) is 1. The van der Waals surface area contributed by atoms with Gasteiger partial charge in [0.2, 0.25) is 0 Å². The van der Waals surface area contributed by atoms with Crippen LogP contribution in [0.15, 0.2) is 12.1 Å². The molecule has 2 atom stereocenters. The van der Waals surface area contributed by atoms with Gasteiger partial charge in [-0.25, -0.2) is 0 Å². The van der Waals surface area contributed by atoms with Crippen molar-refractivity contribution in [2.24, 2.45) is 0 Å². The molecule has 3 rings (SSSR count). The lowest BCUT2D eigenvalue weighted by atomic mass is 9.95. The van der Waals surface area contributed by atoms with Crippen LogP contribution in [-0.4, -0.2) is 47.4 Å². The number of aromatic nitrogens is 1. The Bertz CT molecular complexity index is 498. The minimum absolute atomic E-state index is 0.256. The van der Waals surface area contributed by atoms with Gasteiger partial charge >= 0.3 is 0 Å². The van der Waals surface area contributed by atoms with Crippen LogP contribution in [0.4, 0.5) is 0 Å². The first-order valence-corrected chi connectivity index (χ1v) is 8.61. The zero-order valence-corrected chi connectivity index (χ0v) is 13.8. The van der Waals surface area contributed by atoms with Gasteiger partial charge in [0, 0.05) is 30.8 Å². The molecule has 1 aromatic heterocycles. The second kappa shape index (κ2) is 7.07. The van der Waals surface area contributed by atoms with Crippen molar-refractivity contribution >= 4 is 0 Å². The fraction of sp³-hybridized carbons (Fsp3) is 0.722. The fourth-order valence-electron chi connectivity index (χ4n) is 3.63. The summed E-state index contributed by atoms with van der Waals surface area (Å²) in [5.74, 6) is 0.929. The molecule has 0 aromatic carbocycles. The van der Waals surface area contributed by atoms with Gasteiger partial charge in [-0.1, -0.05) is 19.9 Å². The third kappa shape index (κ3) is 3.34. The first-order chi connectivity index (χ1) is 10.7. The Morgan fingerprint density at radius 3 is 2.91 bits per heavy atom. The van der Waals surface area contributed by atoms with E-state index < -0.39 is 0 Å². The largest absolute Gasteiger partial charge is 0.395 e. The van der Waals surface area contributed by atoms with Crippen LogP contribution in [0.1, 0.15) is 61.9 Å². The van der Waals surface area contributed by atoms with Crippen molar-refractivity contribution in [3.05, 3.63) is 29.1 Å². The smallest absolute Gasteiger partial charge is 0.0587 e. The van der Waals surface area contributed by atoms with Gasteiger partial charge in [-0.2, -0.15) is 0 Å². The van der Waals surface area contributed by atoms with E-state index in [9.17, 15) is 5.11 Å². The third-order valence-corrected chi connectivity index (χ3v) is 5.05. The molecule has 3 heterocycles. The van der Waals surface area contributed by atoms with E-state index in [1.54, 1.807) is 0 Å². The molecule has 2 fully saturated rings. The molecule has 1 unspecified atom stereocenters. The van der Waals surface area contributed by atoms with Crippen LogP contribution in [0.3, 0.4) is 0 Å². The maximum atomic E-state index is 9.56. The summed E-state index contributed by atoms with van der Waals surface area (Å²) in [6.45, 7) is 8.24. The van der Waals surface area contributed by atoms with E-state index in [4.69, 9.17) is 9.72 Å². The third-order valence-electron chi connectivity index (χ3n) is 5.05. The lowest BCUT2D eigenvalue weighted by Crippen LogP contribution is -2.32. The van der Waals surface area contributed by atoms with Gasteiger partial charge < -0.3 is 9.84 Å². The van der Waals surface area contributed by atoms with E-state index >= 15 is 0 Å². The minimum Gasteiger partial charge on any atom is -0.395 e. The molecule has 2 saturated heterocycles. The van der Waals surface area contributed by atoms with Gasteiger partial charge in [-0.3, -0.25) is 9.88 Å². The highest BCUT2D eigenvalue weighted by Gasteiger charge is 2.27. The number of hydrogen-bond donors (Lipinski definition) is 1. The molecule has 1 N–H and O–H groups in total. The van der Waals surface area contributed by atoms with Crippen molar-refractivity contribution in [2.45, 2.75) is 57.5 Å². The summed E-state index contributed by atoms with van der Waals surface area (Å²) in [4.78, 5) is 7.36. The molecule has 4 heteroatoms. The summed E-state index contributed by atoms with van der Waals surface area (Å²) in [5, 5.41) is 9.56. The Morgan fingerprint density at radius 1 is 1.36 bits per heavy atom. The van der Waals surface area contributed by atoms with Crippen molar-refractivity contribution in [1.82, 2.24) is 9.88 Å². The minimum atomic E-state index is 0.256. The van der Waals surface area contributed by atoms with Crippen LogP contribution in [0.25, 0.3) is 0 Å². The van der Waals surface area contributed by atoms with Gasteiger partial charge in [0.15, 0.2) is 0 Å². The van der Waals surface area contributed by atoms with Gasteiger partial charge in [-0.15, -0.1) is 0 Å². The number of pyridine rings is 1. The molecule has 0 amide bonds. The van der Waals surface area contributed by atoms with Gasteiger partial charge in [0.25, 0.3) is 0 Å².